The van der Waals surface area contributed by atoms with E-state index in [0.29, 0.717) is 0 Å². The fourth-order valence-electron chi connectivity index (χ4n) is 0.791. The summed E-state index contributed by atoms with van der Waals surface area (Å²) in [6, 6.07) is 6.01. The maximum absolute atomic E-state index is 4.32. The molecule has 0 aliphatic carbocycles. The van der Waals surface area contributed by atoms with Crippen LogP contribution in [0.5, 0.6) is 0 Å². The predicted molar refractivity (Wildman–Crippen MR) is 57.6 cm³/mol. The van der Waals surface area contributed by atoms with Crippen LogP contribution in [0, 0.1) is 0 Å². The first kappa shape index (κ1) is 10.1. The molecule has 0 amide bonds. The number of halogens is 1. The minimum atomic E-state index is 0.920. The molecule has 0 aromatic carbocycles. The van der Waals surface area contributed by atoms with Crippen LogP contribution >= 0.6 is 27.7 Å². The Balaban J connectivity index is 2.41. The van der Waals surface area contributed by atoms with E-state index in [-0.39, 0.29) is 0 Å². The van der Waals surface area contributed by atoms with E-state index in [9.17, 15) is 0 Å². The Morgan fingerprint density at radius 2 is 2.33 bits per heavy atom. The van der Waals surface area contributed by atoms with E-state index in [4.69, 9.17) is 0 Å². The van der Waals surface area contributed by atoms with Gasteiger partial charge >= 0.3 is 0 Å². The zero-order chi connectivity index (χ0) is 8.81. The van der Waals surface area contributed by atoms with Gasteiger partial charge in [-0.15, -0.1) is 11.8 Å². The van der Waals surface area contributed by atoms with Gasteiger partial charge in [0.05, 0.1) is 5.03 Å². The Morgan fingerprint density at radius 3 is 3.00 bits per heavy atom. The van der Waals surface area contributed by atoms with Crippen LogP contribution in [-0.4, -0.2) is 10.7 Å². The molecule has 0 bridgehead atoms. The van der Waals surface area contributed by atoms with E-state index >= 15 is 0 Å². The summed E-state index contributed by atoms with van der Waals surface area (Å²) < 4.78 is 0.920. The monoisotopic (exact) mass is 245 g/mol. The van der Waals surface area contributed by atoms with Crippen LogP contribution in [0.4, 0.5) is 0 Å². The van der Waals surface area contributed by atoms with E-state index in [1.165, 1.54) is 18.6 Å². The van der Waals surface area contributed by atoms with Crippen molar-refractivity contribution in [2.75, 3.05) is 5.75 Å². The Morgan fingerprint density at radius 1 is 1.50 bits per heavy atom. The molecule has 1 aromatic rings. The van der Waals surface area contributed by atoms with E-state index in [1.54, 1.807) is 0 Å². The molecule has 1 heterocycles. The summed E-state index contributed by atoms with van der Waals surface area (Å²) >= 11 is 5.16. The van der Waals surface area contributed by atoms with Crippen LogP contribution in [0.1, 0.15) is 19.8 Å². The number of hydrogen-bond acceptors (Lipinski definition) is 2. The van der Waals surface area contributed by atoms with Gasteiger partial charge in [0.25, 0.3) is 0 Å². The van der Waals surface area contributed by atoms with Crippen molar-refractivity contribution in [3.63, 3.8) is 0 Å². The maximum atomic E-state index is 4.32. The zero-order valence-electron chi connectivity index (χ0n) is 7.09. The van der Waals surface area contributed by atoms with Crippen molar-refractivity contribution in [2.24, 2.45) is 0 Å². The average molecular weight is 246 g/mol. The van der Waals surface area contributed by atoms with Crippen molar-refractivity contribution in [1.82, 2.24) is 4.98 Å². The summed E-state index contributed by atoms with van der Waals surface area (Å²) in [5, 5.41) is 1.11. The summed E-state index contributed by atoms with van der Waals surface area (Å²) in [5.41, 5.74) is 0. The molecule has 1 aromatic heterocycles. The molecule has 0 saturated heterocycles. The van der Waals surface area contributed by atoms with Gasteiger partial charge in [-0.25, -0.2) is 4.98 Å². The third-order valence-electron chi connectivity index (χ3n) is 1.44. The number of thioether (sulfide) groups is 1. The lowest BCUT2D eigenvalue weighted by Crippen LogP contribution is -1.82. The minimum absolute atomic E-state index is 0.920. The number of unbranched alkanes of at least 4 members (excludes halogenated alkanes) is 1. The molecule has 66 valence electrons. The maximum Gasteiger partial charge on any atom is 0.107 e. The highest BCUT2D eigenvalue weighted by molar-refractivity contribution is 9.10. The molecule has 0 N–H and O–H groups in total. The highest BCUT2D eigenvalue weighted by Crippen LogP contribution is 2.18. The molecule has 0 fully saturated rings. The van der Waals surface area contributed by atoms with Gasteiger partial charge in [0.2, 0.25) is 0 Å². The van der Waals surface area contributed by atoms with E-state index in [1.807, 2.05) is 30.0 Å². The number of hydrogen-bond donors (Lipinski definition) is 0. The lowest BCUT2D eigenvalue weighted by atomic mass is 10.4. The Labute approximate surface area is 86.1 Å². The fraction of sp³-hybridized carbons (Fsp3) is 0.444. The van der Waals surface area contributed by atoms with Crippen LogP contribution in [0.2, 0.25) is 0 Å². The van der Waals surface area contributed by atoms with Gasteiger partial charge in [0, 0.05) is 0 Å². The third kappa shape index (κ3) is 3.59. The number of pyridine rings is 1. The summed E-state index contributed by atoms with van der Waals surface area (Å²) in [6.07, 6.45) is 2.51. The van der Waals surface area contributed by atoms with Gasteiger partial charge < -0.3 is 0 Å². The van der Waals surface area contributed by atoms with Crippen molar-refractivity contribution in [3.8, 4) is 0 Å². The SMILES string of the molecule is CCCCSc1cccc(Br)n1. The first-order valence-corrected chi connectivity index (χ1v) is 5.86. The smallest absolute Gasteiger partial charge is 0.107 e. The molecule has 1 rings (SSSR count). The van der Waals surface area contributed by atoms with E-state index in [0.717, 1.165) is 9.63 Å². The molecule has 1 nitrogen and oxygen atoms in total. The number of aromatic nitrogens is 1. The summed E-state index contributed by atoms with van der Waals surface area (Å²) in [7, 11) is 0. The van der Waals surface area contributed by atoms with Crippen molar-refractivity contribution < 1.29 is 0 Å². The van der Waals surface area contributed by atoms with Crippen LogP contribution in [0.3, 0.4) is 0 Å². The topological polar surface area (TPSA) is 12.9 Å². The van der Waals surface area contributed by atoms with Crippen LogP contribution in [0.25, 0.3) is 0 Å². The predicted octanol–water partition coefficient (Wildman–Crippen LogP) is 3.74. The molecule has 0 spiro atoms. The van der Waals surface area contributed by atoms with E-state index < -0.39 is 0 Å². The van der Waals surface area contributed by atoms with Crippen molar-refractivity contribution >= 4 is 27.7 Å². The molecular formula is C9H12BrNS. The first-order valence-electron chi connectivity index (χ1n) is 4.08. The second-order valence-electron chi connectivity index (χ2n) is 2.50. The van der Waals surface area contributed by atoms with Gasteiger partial charge in [-0.2, -0.15) is 0 Å². The second-order valence-corrected chi connectivity index (χ2v) is 4.43. The Bertz CT molecular complexity index is 240. The lowest BCUT2D eigenvalue weighted by Gasteiger charge is -1.98. The van der Waals surface area contributed by atoms with Crippen molar-refractivity contribution in [2.45, 2.75) is 24.8 Å². The normalized spacial score (nSPS) is 10.2. The van der Waals surface area contributed by atoms with Gasteiger partial charge in [-0.3, -0.25) is 0 Å². The van der Waals surface area contributed by atoms with Crippen LogP contribution in [0.15, 0.2) is 27.8 Å². The second kappa shape index (κ2) is 5.60. The summed E-state index contributed by atoms with van der Waals surface area (Å²) in [6.45, 7) is 2.20. The number of rotatable bonds is 4. The fourth-order valence-corrected chi connectivity index (χ4v) is 2.23. The molecule has 0 aliphatic heterocycles. The highest BCUT2D eigenvalue weighted by atomic mass is 79.9. The standard InChI is InChI=1S/C9H12BrNS/c1-2-3-7-12-9-6-4-5-8(10)11-9/h4-6H,2-3,7H2,1H3. The Kier molecular flexibility index (Phi) is 4.69. The largest absolute Gasteiger partial charge is 0.235 e. The van der Waals surface area contributed by atoms with E-state index in [2.05, 4.69) is 27.8 Å². The molecule has 0 saturated carbocycles. The third-order valence-corrected chi connectivity index (χ3v) is 2.89. The van der Waals surface area contributed by atoms with Gasteiger partial charge in [-0.1, -0.05) is 19.4 Å². The molecule has 0 unspecified atom stereocenters. The van der Waals surface area contributed by atoms with Crippen LogP contribution < -0.4 is 0 Å². The quantitative estimate of drug-likeness (QED) is 0.456. The Hall–Kier alpha value is -0.0200. The zero-order valence-corrected chi connectivity index (χ0v) is 9.49. The van der Waals surface area contributed by atoms with Gasteiger partial charge in [0.1, 0.15) is 4.60 Å². The molecule has 0 atom stereocenters. The number of nitrogens with zero attached hydrogens (tertiary/aromatic N) is 1. The molecule has 0 radical (unpaired) electrons. The molecule has 12 heavy (non-hydrogen) atoms. The highest BCUT2D eigenvalue weighted by Gasteiger charge is 1.94. The summed E-state index contributed by atoms with van der Waals surface area (Å²) in [4.78, 5) is 4.32. The van der Waals surface area contributed by atoms with Crippen molar-refractivity contribution in [3.05, 3.63) is 22.8 Å². The average Bonchev–Trinajstić information content (AvgIpc) is 2.05. The molecule has 3 heteroatoms. The van der Waals surface area contributed by atoms with Crippen LogP contribution in [-0.2, 0) is 0 Å². The first-order chi connectivity index (χ1) is 5.83. The molecule has 0 aliphatic rings. The van der Waals surface area contributed by atoms with Gasteiger partial charge in [-0.05, 0) is 40.2 Å². The summed E-state index contributed by atoms with van der Waals surface area (Å²) in [5.74, 6) is 1.17. The van der Waals surface area contributed by atoms with Crippen molar-refractivity contribution in [1.29, 1.82) is 0 Å². The van der Waals surface area contributed by atoms with Gasteiger partial charge in [0.15, 0.2) is 0 Å². The lowest BCUT2D eigenvalue weighted by molar-refractivity contribution is 0.894. The minimum Gasteiger partial charge on any atom is -0.235 e. The molecular weight excluding hydrogens is 234 g/mol.